The monoisotopic (exact) mass is 426 g/mol. The Labute approximate surface area is 180 Å². The van der Waals surface area contributed by atoms with Gasteiger partial charge in [-0.2, -0.15) is 5.10 Å². The van der Waals surface area contributed by atoms with Crippen LogP contribution in [-0.2, 0) is 12.1 Å². The first-order chi connectivity index (χ1) is 14.2. The first-order valence-electron chi connectivity index (χ1n) is 9.35. The molecule has 30 heavy (non-hydrogen) atoms. The highest BCUT2D eigenvalue weighted by atomic mass is 35.5. The molecule has 2 aromatic carbocycles. The summed E-state index contributed by atoms with van der Waals surface area (Å²) in [4.78, 5) is 24.5. The number of ether oxygens (including phenoxy) is 1. The third-order valence-corrected chi connectivity index (χ3v) is 4.51. The van der Waals surface area contributed by atoms with Gasteiger partial charge < -0.3 is 4.74 Å². The van der Waals surface area contributed by atoms with Gasteiger partial charge in [0.15, 0.2) is 0 Å². The Kier molecular flexibility index (Phi) is 6.42. The molecule has 1 aromatic heterocycles. The summed E-state index contributed by atoms with van der Waals surface area (Å²) < 4.78 is 7.37. The normalized spacial score (nSPS) is 11.1. The fraction of sp³-hybridized carbons (Fsp3) is 0.227. The Morgan fingerprint density at radius 2 is 1.57 bits per heavy atom. The molecule has 0 atom stereocenters. The maximum atomic E-state index is 12.3. The number of hydrogen-bond donors (Lipinski definition) is 2. The molecule has 7 nitrogen and oxygen atoms in total. The van der Waals surface area contributed by atoms with Crippen molar-refractivity contribution in [3.63, 3.8) is 0 Å². The van der Waals surface area contributed by atoms with Crippen molar-refractivity contribution >= 4 is 23.4 Å². The Bertz CT molecular complexity index is 1020. The number of nitrogens with one attached hydrogen (secondary N) is 2. The van der Waals surface area contributed by atoms with Crippen LogP contribution in [0.15, 0.2) is 60.9 Å². The highest BCUT2D eigenvalue weighted by Crippen LogP contribution is 2.17. The van der Waals surface area contributed by atoms with E-state index >= 15 is 0 Å². The van der Waals surface area contributed by atoms with Crippen LogP contribution in [-0.4, -0.2) is 21.6 Å². The van der Waals surface area contributed by atoms with Gasteiger partial charge in [0.25, 0.3) is 11.8 Å². The molecule has 8 heteroatoms. The molecular formula is C22H23ClN4O3. The van der Waals surface area contributed by atoms with E-state index < -0.39 is 11.8 Å². The van der Waals surface area contributed by atoms with Crippen molar-refractivity contribution < 1.29 is 14.3 Å². The van der Waals surface area contributed by atoms with Crippen LogP contribution in [0.25, 0.3) is 0 Å². The maximum absolute atomic E-state index is 12.3. The SMILES string of the molecule is CC(C)(C)n1cc(C(=O)NNC(=O)c2ccc(COc3ccc(Cl)cc3)cc2)cn1. The molecule has 0 aliphatic heterocycles. The Morgan fingerprint density at radius 1 is 0.967 bits per heavy atom. The zero-order valence-corrected chi connectivity index (χ0v) is 17.7. The summed E-state index contributed by atoms with van der Waals surface area (Å²) in [6.07, 6.45) is 3.10. The summed E-state index contributed by atoms with van der Waals surface area (Å²) in [5.74, 6) is -0.151. The van der Waals surface area contributed by atoms with Crippen molar-refractivity contribution in [2.45, 2.75) is 32.9 Å². The predicted octanol–water partition coefficient (Wildman–Crippen LogP) is 3.95. The van der Waals surface area contributed by atoms with E-state index in [0.29, 0.717) is 28.5 Å². The van der Waals surface area contributed by atoms with Crippen LogP contribution in [0.1, 0.15) is 47.1 Å². The molecule has 0 unspecified atom stereocenters. The first-order valence-corrected chi connectivity index (χ1v) is 9.73. The fourth-order valence-electron chi connectivity index (χ4n) is 2.51. The summed E-state index contributed by atoms with van der Waals surface area (Å²) in [6.45, 7) is 6.30. The molecule has 3 rings (SSSR count). The van der Waals surface area contributed by atoms with Crippen molar-refractivity contribution in [3.05, 3.63) is 82.6 Å². The molecule has 2 amide bonds. The average Bonchev–Trinajstić information content (AvgIpc) is 3.23. The highest BCUT2D eigenvalue weighted by molar-refractivity contribution is 6.30. The zero-order valence-electron chi connectivity index (χ0n) is 17.0. The second-order valence-corrected chi connectivity index (χ2v) is 8.13. The first kappa shape index (κ1) is 21.4. The van der Waals surface area contributed by atoms with Gasteiger partial charge in [-0.05, 0) is 62.7 Å². The molecule has 1 heterocycles. The van der Waals surface area contributed by atoms with Crippen LogP contribution in [0.2, 0.25) is 5.02 Å². The van der Waals surface area contributed by atoms with E-state index in [1.807, 2.05) is 20.8 Å². The van der Waals surface area contributed by atoms with E-state index in [1.165, 1.54) is 6.20 Å². The number of hydrogen-bond acceptors (Lipinski definition) is 4. The van der Waals surface area contributed by atoms with Gasteiger partial charge in [-0.15, -0.1) is 0 Å². The highest BCUT2D eigenvalue weighted by Gasteiger charge is 2.17. The largest absolute Gasteiger partial charge is 0.489 e. The molecule has 0 fully saturated rings. The van der Waals surface area contributed by atoms with Crippen molar-refractivity contribution in [1.29, 1.82) is 0 Å². The van der Waals surface area contributed by atoms with Crippen molar-refractivity contribution in [1.82, 2.24) is 20.6 Å². The zero-order chi connectivity index (χ0) is 21.7. The molecule has 0 saturated heterocycles. The molecule has 0 saturated carbocycles. The molecular weight excluding hydrogens is 404 g/mol. The van der Waals surface area contributed by atoms with Gasteiger partial charge in [0.05, 0.1) is 17.3 Å². The lowest BCUT2D eigenvalue weighted by molar-refractivity contribution is 0.0846. The van der Waals surface area contributed by atoms with E-state index in [1.54, 1.807) is 59.4 Å². The van der Waals surface area contributed by atoms with Crippen LogP contribution in [0.5, 0.6) is 5.75 Å². The lowest BCUT2D eigenvalue weighted by Gasteiger charge is -2.18. The van der Waals surface area contributed by atoms with Crippen molar-refractivity contribution in [2.24, 2.45) is 0 Å². The van der Waals surface area contributed by atoms with Gasteiger partial charge in [-0.1, -0.05) is 23.7 Å². The average molecular weight is 427 g/mol. The van der Waals surface area contributed by atoms with Crippen molar-refractivity contribution in [2.75, 3.05) is 0 Å². The molecule has 0 bridgehead atoms. The summed E-state index contributed by atoms with van der Waals surface area (Å²) in [5, 5.41) is 4.82. The van der Waals surface area contributed by atoms with Crippen LogP contribution in [0, 0.1) is 0 Å². The van der Waals surface area contributed by atoms with E-state index in [0.717, 1.165) is 5.56 Å². The minimum Gasteiger partial charge on any atom is -0.489 e. The molecule has 156 valence electrons. The number of carbonyl (C=O) groups excluding carboxylic acids is 2. The second kappa shape index (κ2) is 9.00. The predicted molar refractivity (Wildman–Crippen MR) is 114 cm³/mol. The van der Waals surface area contributed by atoms with Crippen LogP contribution < -0.4 is 15.6 Å². The molecule has 0 spiro atoms. The molecule has 0 aliphatic carbocycles. The number of aromatic nitrogens is 2. The minimum absolute atomic E-state index is 0.235. The third-order valence-electron chi connectivity index (χ3n) is 4.26. The molecule has 0 radical (unpaired) electrons. The second-order valence-electron chi connectivity index (χ2n) is 7.69. The lowest BCUT2D eigenvalue weighted by atomic mass is 10.1. The number of hydrazine groups is 1. The van der Waals surface area contributed by atoms with Crippen molar-refractivity contribution in [3.8, 4) is 5.75 Å². The standard InChI is InChI=1S/C22H23ClN4O3/c1-22(2,3)27-13-17(12-24-27)21(29)26-25-20(28)16-6-4-15(5-7-16)14-30-19-10-8-18(23)9-11-19/h4-13H,14H2,1-3H3,(H,25,28)(H,26,29). The van der Waals surface area contributed by atoms with E-state index in [-0.39, 0.29) is 5.54 Å². The Morgan fingerprint density at radius 3 is 2.13 bits per heavy atom. The van der Waals surface area contributed by atoms with Crippen LogP contribution >= 0.6 is 11.6 Å². The number of halogens is 1. The number of benzene rings is 2. The van der Waals surface area contributed by atoms with Gasteiger partial charge in [0.1, 0.15) is 12.4 Å². The van der Waals surface area contributed by atoms with Crippen LogP contribution in [0.3, 0.4) is 0 Å². The topological polar surface area (TPSA) is 85.2 Å². The lowest BCUT2D eigenvalue weighted by Crippen LogP contribution is -2.41. The molecule has 0 aliphatic rings. The quantitative estimate of drug-likeness (QED) is 0.605. The van der Waals surface area contributed by atoms with E-state index in [4.69, 9.17) is 16.3 Å². The Hall–Kier alpha value is -3.32. The van der Waals surface area contributed by atoms with Gasteiger partial charge in [-0.3, -0.25) is 25.1 Å². The summed E-state index contributed by atoms with van der Waals surface area (Å²) in [5.41, 5.74) is 6.25. The summed E-state index contributed by atoms with van der Waals surface area (Å²) in [6, 6.07) is 14.0. The summed E-state index contributed by atoms with van der Waals surface area (Å²) in [7, 11) is 0. The minimum atomic E-state index is -0.438. The fourth-order valence-corrected chi connectivity index (χ4v) is 2.64. The number of amides is 2. The number of nitrogens with zero attached hydrogens (tertiary/aromatic N) is 2. The van der Waals surface area contributed by atoms with Crippen LogP contribution in [0.4, 0.5) is 0 Å². The van der Waals surface area contributed by atoms with Gasteiger partial charge >= 0.3 is 0 Å². The number of carbonyl (C=O) groups is 2. The number of rotatable bonds is 5. The van der Waals surface area contributed by atoms with E-state index in [9.17, 15) is 9.59 Å². The summed E-state index contributed by atoms with van der Waals surface area (Å²) >= 11 is 5.85. The Balaban J connectivity index is 1.51. The maximum Gasteiger partial charge on any atom is 0.272 e. The molecule has 3 aromatic rings. The van der Waals surface area contributed by atoms with Gasteiger partial charge in [-0.25, -0.2) is 0 Å². The van der Waals surface area contributed by atoms with Gasteiger partial charge in [0.2, 0.25) is 0 Å². The van der Waals surface area contributed by atoms with Gasteiger partial charge in [0, 0.05) is 16.8 Å². The van der Waals surface area contributed by atoms with E-state index in [2.05, 4.69) is 16.0 Å². The third kappa shape index (κ3) is 5.61. The smallest absolute Gasteiger partial charge is 0.272 e. The molecule has 2 N–H and O–H groups in total.